The molecule has 27 heavy (non-hydrogen) atoms. The summed E-state index contributed by atoms with van der Waals surface area (Å²) in [6.45, 7) is 10.6. The molecule has 0 atom stereocenters. The predicted molar refractivity (Wildman–Crippen MR) is 110 cm³/mol. The zero-order chi connectivity index (χ0) is 19.1. The molecule has 0 aliphatic heterocycles. The van der Waals surface area contributed by atoms with Gasteiger partial charge in [-0.15, -0.1) is 0 Å². The van der Waals surface area contributed by atoms with Gasteiger partial charge in [0.2, 0.25) is 0 Å². The number of pyridine rings is 1. The maximum Gasteiger partial charge on any atom is 0.123 e. The van der Waals surface area contributed by atoms with Crippen molar-refractivity contribution in [2.45, 2.75) is 47.0 Å². The summed E-state index contributed by atoms with van der Waals surface area (Å²) in [5.74, 6) is 0.213. The summed E-state index contributed by atoms with van der Waals surface area (Å²) in [7, 11) is 0. The number of benzene rings is 2. The molecular weight excluding hydrogens is 424 g/mol. The van der Waals surface area contributed by atoms with Crippen LogP contribution >= 0.6 is 0 Å². The summed E-state index contributed by atoms with van der Waals surface area (Å²) in [5.41, 5.74) is 6.47. The Morgan fingerprint density at radius 3 is 2.19 bits per heavy atom. The van der Waals surface area contributed by atoms with E-state index in [1.54, 1.807) is 6.07 Å². The third-order valence-corrected chi connectivity index (χ3v) is 4.12. The van der Waals surface area contributed by atoms with E-state index < -0.39 is 0 Å². The van der Waals surface area contributed by atoms with Crippen LogP contribution in [0.2, 0.25) is 0 Å². The van der Waals surface area contributed by atoms with Crippen LogP contribution in [-0.2, 0) is 19.5 Å². The number of rotatable bonds is 3. The van der Waals surface area contributed by atoms with Gasteiger partial charge >= 0.3 is 0 Å². The van der Waals surface area contributed by atoms with Gasteiger partial charge in [0.15, 0.2) is 0 Å². The van der Waals surface area contributed by atoms with Crippen LogP contribution in [0.25, 0.3) is 22.4 Å². The first-order chi connectivity index (χ1) is 12.5. The SMILES string of the molecule is CCC.Cc1cc(F)ccc1-c1ccc(C(C)C)c(-c2ccccn2)c1.[Rh]. The number of hydrogen-bond acceptors (Lipinski definition) is 1. The number of aromatic nitrogens is 1. The van der Waals surface area contributed by atoms with Gasteiger partial charge in [-0.3, -0.25) is 4.98 Å². The van der Waals surface area contributed by atoms with Gasteiger partial charge in [0, 0.05) is 31.2 Å². The topological polar surface area (TPSA) is 12.9 Å². The molecule has 1 heterocycles. The monoisotopic (exact) mass is 452 g/mol. The Labute approximate surface area is 175 Å². The molecule has 3 aromatic rings. The second-order valence-corrected chi connectivity index (χ2v) is 6.84. The Morgan fingerprint density at radius 1 is 0.926 bits per heavy atom. The van der Waals surface area contributed by atoms with E-state index >= 15 is 0 Å². The van der Waals surface area contributed by atoms with Crippen LogP contribution in [0.4, 0.5) is 4.39 Å². The molecule has 0 N–H and O–H groups in total. The maximum absolute atomic E-state index is 13.4. The molecule has 3 rings (SSSR count). The van der Waals surface area contributed by atoms with Crippen LogP contribution in [0, 0.1) is 12.7 Å². The third kappa shape index (κ3) is 6.08. The number of aryl methyl sites for hydroxylation is 1. The van der Waals surface area contributed by atoms with Crippen LogP contribution in [0.15, 0.2) is 60.8 Å². The zero-order valence-corrected chi connectivity index (χ0v) is 18.4. The fraction of sp³-hybridized carbons (Fsp3) is 0.292. The minimum Gasteiger partial charge on any atom is -0.256 e. The fourth-order valence-electron chi connectivity index (χ4n) is 2.92. The van der Waals surface area contributed by atoms with Gasteiger partial charge in [0.25, 0.3) is 0 Å². The van der Waals surface area contributed by atoms with E-state index in [0.29, 0.717) is 5.92 Å². The van der Waals surface area contributed by atoms with E-state index in [-0.39, 0.29) is 25.3 Å². The molecule has 1 radical (unpaired) electrons. The smallest absolute Gasteiger partial charge is 0.123 e. The molecule has 0 bridgehead atoms. The van der Waals surface area contributed by atoms with Gasteiger partial charge in [0.05, 0.1) is 5.69 Å². The Kier molecular flexibility index (Phi) is 9.52. The molecule has 1 nitrogen and oxygen atoms in total. The molecule has 3 heteroatoms. The van der Waals surface area contributed by atoms with Crippen LogP contribution < -0.4 is 0 Å². The number of halogens is 1. The van der Waals surface area contributed by atoms with E-state index in [4.69, 9.17) is 0 Å². The molecule has 0 spiro atoms. The van der Waals surface area contributed by atoms with E-state index in [0.717, 1.165) is 27.9 Å². The van der Waals surface area contributed by atoms with Crippen molar-refractivity contribution in [2.75, 3.05) is 0 Å². The first-order valence-corrected chi connectivity index (χ1v) is 9.29. The van der Waals surface area contributed by atoms with Crippen LogP contribution in [0.1, 0.15) is 51.2 Å². The van der Waals surface area contributed by atoms with Crippen molar-refractivity contribution in [3.8, 4) is 22.4 Å². The minimum atomic E-state index is -0.199. The average molecular weight is 452 g/mol. The van der Waals surface area contributed by atoms with Gasteiger partial charge in [-0.05, 0) is 65.4 Å². The molecule has 0 fully saturated rings. The largest absolute Gasteiger partial charge is 0.256 e. The van der Waals surface area contributed by atoms with Gasteiger partial charge in [-0.2, -0.15) is 0 Å². The molecule has 0 unspecified atom stereocenters. The van der Waals surface area contributed by atoms with Gasteiger partial charge in [-0.1, -0.05) is 58.4 Å². The van der Waals surface area contributed by atoms with Crippen molar-refractivity contribution < 1.29 is 23.9 Å². The van der Waals surface area contributed by atoms with Crippen molar-refractivity contribution in [1.29, 1.82) is 0 Å². The summed E-state index contributed by atoms with van der Waals surface area (Å²) < 4.78 is 13.4. The second kappa shape index (κ2) is 11.1. The molecular formula is C24H28FNRh. The molecule has 0 amide bonds. The Balaban J connectivity index is 0.000000855. The fourth-order valence-corrected chi connectivity index (χ4v) is 2.92. The van der Waals surface area contributed by atoms with Crippen molar-refractivity contribution in [2.24, 2.45) is 0 Å². The average Bonchev–Trinajstić information content (AvgIpc) is 2.62. The van der Waals surface area contributed by atoms with E-state index in [1.165, 1.54) is 18.1 Å². The maximum atomic E-state index is 13.4. The molecule has 0 aliphatic carbocycles. The normalized spacial score (nSPS) is 10.0. The first kappa shape index (κ1) is 23.2. The molecule has 2 aromatic carbocycles. The zero-order valence-electron chi connectivity index (χ0n) is 16.7. The first-order valence-electron chi connectivity index (χ1n) is 9.29. The summed E-state index contributed by atoms with van der Waals surface area (Å²) in [6.07, 6.45) is 3.06. The number of hydrogen-bond donors (Lipinski definition) is 0. The van der Waals surface area contributed by atoms with Crippen LogP contribution in [0.3, 0.4) is 0 Å². The number of nitrogens with zero attached hydrogens (tertiary/aromatic N) is 1. The Hall–Kier alpha value is -1.86. The molecule has 0 saturated heterocycles. The van der Waals surface area contributed by atoms with E-state index in [9.17, 15) is 4.39 Å². The van der Waals surface area contributed by atoms with Crippen molar-refractivity contribution >= 4 is 0 Å². The van der Waals surface area contributed by atoms with E-state index in [1.807, 2.05) is 37.4 Å². The second-order valence-electron chi connectivity index (χ2n) is 6.84. The van der Waals surface area contributed by atoms with Crippen LogP contribution in [-0.4, -0.2) is 4.98 Å². The quantitative estimate of drug-likeness (QED) is 0.378. The summed E-state index contributed by atoms with van der Waals surface area (Å²) in [4.78, 5) is 4.50. The van der Waals surface area contributed by atoms with Gasteiger partial charge in [-0.25, -0.2) is 4.39 Å². The Morgan fingerprint density at radius 2 is 1.63 bits per heavy atom. The van der Waals surface area contributed by atoms with Crippen molar-refractivity contribution in [1.82, 2.24) is 4.98 Å². The van der Waals surface area contributed by atoms with Gasteiger partial charge < -0.3 is 0 Å². The van der Waals surface area contributed by atoms with Crippen molar-refractivity contribution in [3.05, 3.63) is 77.7 Å². The van der Waals surface area contributed by atoms with Crippen LogP contribution in [0.5, 0.6) is 0 Å². The van der Waals surface area contributed by atoms with Gasteiger partial charge in [0.1, 0.15) is 5.82 Å². The molecule has 145 valence electrons. The summed E-state index contributed by atoms with van der Waals surface area (Å²) >= 11 is 0. The molecule has 0 aliphatic rings. The molecule has 1 aromatic heterocycles. The molecule has 0 saturated carbocycles. The minimum absolute atomic E-state index is 0. The predicted octanol–water partition coefficient (Wildman–Crippen LogP) is 7.40. The Bertz CT molecular complexity index is 844. The standard InChI is InChI=1S/C21H20FN.C3H8.Rh/c1-14(2)18-9-7-16(19-10-8-17(22)12-15(19)3)13-20(18)21-6-4-5-11-23-21;1-3-2;/h4-14H,1-3H3;3H2,1-2H3;. The summed E-state index contributed by atoms with van der Waals surface area (Å²) in [5, 5.41) is 0. The van der Waals surface area contributed by atoms with E-state index in [2.05, 4.69) is 50.9 Å². The third-order valence-electron chi connectivity index (χ3n) is 4.12. The van der Waals surface area contributed by atoms with Crippen molar-refractivity contribution in [3.63, 3.8) is 0 Å². The summed E-state index contributed by atoms with van der Waals surface area (Å²) in [6, 6.07) is 17.3.